The van der Waals surface area contributed by atoms with E-state index in [0.29, 0.717) is 6.54 Å². The Morgan fingerprint density at radius 3 is 2.78 bits per heavy atom. The molecule has 0 amide bonds. The Hall–Kier alpha value is -1.13. The van der Waals surface area contributed by atoms with Crippen molar-refractivity contribution in [3.63, 3.8) is 0 Å². The Labute approximate surface area is 109 Å². The second kappa shape index (κ2) is 5.24. The van der Waals surface area contributed by atoms with Gasteiger partial charge in [0.05, 0.1) is 5.60 Å². The first-order chi connectivity index (χ1) is 8.52. The van der Waals surface area contributed by atoms with E-state index in [0.717, 1.165) is 37.1 Å². The van der Waals surface area contributed by atoms with Crippen LogP contribution in [0.3, 0.4) is 0 Å². The SMILES string of the molecule is C[C@@H](N)c1cccnc1N(C)CC1(O)CCCC1. The van der Waals surface area contributed by atoms with Gasteiger partial charge in [-0.1, -0.05) is 18.9 Å². The quantitative estimate of drug-likeness (QED) is 0.854. The summed E-state index contributed by atoms with van der Waals surface area (Å²) in [5, 5.41) is 10.5. The summed E-state index contributed by atoms with van der Waals surface area (Å²) in [7, 11) is 1.98. The molecule has 100 valence electrons. The molecule has 1 aromatic rings. The molecule has 0 radical (unpaired) electrons. The molecule has 0 unspecified atom stereocenters. The summed E-state index contributed by atoms with van der Waals surface area (Å²) in [6, 6.07) is 3.86. The van der Waals surface area contributed by atoms with Crippen LogP contribution in [0.1, 0.15) is 44.2 Å². The Bertz CT molecular complexity index is 400. The number of pyridine rings is 1. The first-order valence-electron chi connectivity index (χ1n) is 6.66. The fourth-order valence-electron chi connectivity index (χ4n) is 2.79. The zero-order valence-corrected chi connectivity index (χ0v) is 11.3. The highest BCUT2D eigenvalue weighted by Crippen LogP contribution is 2.32. The van der Waals surface area contributed by atoms with E-state index in [-0.39, 0.29) is 6.04 Å². The number of hydrogen-bond acceptors (Lipinski definition) is 4. The van der Waals surface area contributed by atoms with Gasteiger partial charge in [0.1, 0.15) is 5.82 Å². The van der Waals surface area contributed by atoms with Gasteiger partial charge in [-0.25, -0.2) is 4.98 Å². The van der Waals surface area contributed by atoms with Crippen LogP contribution in [0.15, 0.2) is 18.3 Å². The number of rotatable bonds is 4. The molecule has 1 heterocycles. The Balaban J connectivity index is 2.15. The third-order valence-corrected chi connectivity index (χ3v) is 3.73. The van der Waals surface area contributed by atoms with E-state index >= 15 is 0 Å². The number of hydrogen-bond donors (Lipinski definition) is 2. The van der Waals surface area contributed by atoms with E-state index in [2.05, 4.69) is 4.98 Å². The average molecular weight is 249 g/mol. The lowest BCUT2D eigenvalue weighted by Crippen LogP contribution is -2.40. The number of anilines is 1. The monoisotopic (exact) mass is 249 g/mol. The molecule has 1 aliphatic rings. The molecule has 0 bridgehead atoms. The van der Waals surface area contributed by atoms with Crippen molar-refractivity contribution in [3.8, 4) is 0 Å². The molecule has 0 aromatic carbocycles. The van der Waals surface area contributed by atoms with Gasteiger partial charge in [0.25, 0.3) is 0 Å². The molecule has 1 atom stereocenters. The first kappa shape index (κ1) is 13.3. The lowest BCUT2D eigenvalue weighted by Gasteiger charge is -2.30. The lowest BCUT2D eigenvalue weighted by atomic mass is 10.0. The molecule has 4 nitrogen and oxygen atoms in total. The van der Waals surface area contributed by atoms with E-state index in [1.54, 1.807) is 6.20 Å². The number of nitrogens with two attached hydrogens (primary N) is 1. The predicted octanol–water partition coefficient (Wildman–Crippen LogP) is 1.84. The molecular formula is C14H23N3O. The smallest absolute Gasteiger partial charge is 0.133 e. The number of nitrogens with zero attached hydrogens (tertiary/aromatic N) is 2. The molecule has 1 aliphatic carbocycles. The van der Waals surface area contributed by atoms with Gasteiger partial charge >= 0.3 is 0 Å². The minimum absolute atomic E-state index is 0.0469. The highest BCUT2D eigenvalue weighted by molar-refractivity contribution is 5.47. The normalized spacial score (nSPS) is 19.8. The zero-order valence-electron chi connectivity index (χ0n) is 11.3. The van der Waals surface area contributed by atoms with Gasteiger partial charge in [0.2, 0.25) is 0 Å². The number of aliphatic hydroxyl groups is 1. The predicted molar refractivity (Wildman–Crippen MR) is 73.5 cm³/mol. The van der Waals surface area contributed by atoms with Gasteiger partial charge in [-0.3, -0.25) is 0 Å². The molecule has 0 saturated heterocycles. The summed E-state index contributed by atoms with van der Waals surface area (Å²) in [4.78, 5) is 6.44. The minimum Gasteiger partial charge on any atom is -0.388 e. The van der Waals surface area contributed by atoms with Crippen LogP contribution >= 0.6 is 0 Å². The fourth-order valence-corrected chi connectivity index (χ4v) is 2.79. The van der Waals surface area contributed by atoms with Gasteiger partial charge in [-0.05, 0) is 25.8 Å². The molecule has 2 rings (SSSR count). The lowest BCUT2D eigenvalue weighted by molar-refractivity contribution is 0.0557. The third-order valence-electron chi connectivity index (χ3n) is 3.73. The van der Waals surface area contributed by atoms with Crippen molar-refractivity contribution < 1.29 is 5.11 Å². The van der Waals surface area contributed by atoms with Crippen molar-refractivity contribution in [1.29, 1.82) is 0 Å². The van der Waals surface area contributed by atoms with Crippen molar-refractivity contribution in [2.75, 3.05) is 18.5 Å². The third kappa shape index (κ3) is 2.82. The average Bonchev–Trinajstić information content (AvgIpc) is 2.75. The molecule has 1 fully saturated rings. The van der Waals surface area contributed by atoms with Crippen LogP contribution in [-0.2, 0) is 0 Å². The van der Waals surface area contributed by atoms with Gasteiger partial charge in [0, 0.05) is 31.4 Å². The van der Waals surface area contributed by atoms with E-state index in [4.69, 9.17) is 5.73 Å². The Morgan fingerprint density at radius 1 is 1.50 bits per heavy atom. The zero-order chi connectivity index (χ0) is 13.2. The second-order valence-electron chi connectivity index (χ2n) is 5.49. The van der Waals surface area contributed by atoms with Gasteiger partial charge in [0.15, 0.2) is 0 Å². The first-order valence-corrected chi connectivity index (χ1v) is 6.66. The van der Waals surface area contributed by atoms with Crippen LogP contribution in [0.5, 0.6) is 0 Å². The maximum absolute atomic E-state index is 10.5. The number of aromatic nitrogens is 1. The van der Waals surface area contributed by atoms with Gasteiger partial charge < -0.3 is 15.7 Å². The fraction of sp³-hybridized carbons (Fsp3) is 0.643. The van der Waals surface area contributed by atoms with E-state index in [1.165, 1.54) is 0 Å². The maximum Gasteiger partial charge on any atom is 0.133 e. The number of likely N-dealkylation sites (N-methyl/N-ethyl adjacent to an activating group) is 1. The van der Waals surface area contributed by atoms with Crippen LogP contribution < -0.4 is 10.6 Å². The van der Waals surface area contributed by atoms with Crippen molar-refractivity contribution in [2.45, 2.75) is 44.2 Å². The van der Waals surface area contributed by atoms with Crippen molar-refractivity contribution in [1.82, 2.24) is 4.98 Å². The van der Waals surface area contributed by atoms with Gasteiger partial charge in [-0.15, -0.1) is 0 Å². The van der Waals surface area contributed by atoms with Crippen LogP contribution in [-0.4, -0.2) is 29.3 Å². The van der Waals surface area contributed by atoms with E-state index < -0.39 is 5.60 Å². The minimum atomic E-state index is -0.554. The summed E-state index contributed by atoms with van der Waals surface area (Å²) >= 11 is 0. The summed E-state index contributed by atoms with van der Waals surface area (Å²) < 4.78 is 0. The highest BCUT2D eigenvalue weighted by Gasteiger charge is 2.33. The molecule has 0 spiro atoms. The standard InChI is InChI=1S/C14H23N3O/c1-11(15)12-6-5-9-16-13(12)17(2)10-14(18)7-3-4-8-14/h5-6,9,11,18H,3-4,7-8,10,15H2,1-2H3/t11-/m1/s1. The van der Waals surface area contributed by atoms with E-state index in [1.807, 2.05) is 31.0 Å². The molecule has 3 N–H and O–H groups in total. The Kier molecular flexibility index (Phi) is 3.88. The van der Waals surface area contributed by atoms with Crippen molar-refractivity contribution in [2.24, 2.45) is 5.73 Å². The van der Waals surface area contributed by atoms with Crippen molar-refractivity contribution in [3.05, 3.63) is 23.9 Å². The van der Waals surface area contributed by atoms with E-state index in [9.17, 15) is 5.11 Å². The van der Waals surface area contributed by atoms with Crippen LogP contribution in [0.25, 0.3) is 0 Å². The van der Waals surface area contributed by atoms with Gasteiger partial charge in [-0.2, -0.15) is 0 Å². The molecule has 0 aliphatic heterocycles. The molecule has 4 heteroatoms. The summed E-state index contributed by atoms with van der Waals surface area (Å²) in [6.07, 6.45) is 5.78. The molecule has 18 heavy (non-hydrogen) atoms. The molecule has 1 aromatic heterocycles. The molecule has 1 saturated carbocycles. The van der Waals surface area contributed by atoms with Crippen LogP contribution in [0, 0.1) is 0 Å². The maximum atomic E-state index is 10.5. The summed E-state index contributed by atoms with van der Waals surface area (Å²) in [5.74, 6) is 0.882. The second-order valence-corrected chi connectivity index (χ2v) is 5.49. The Morgan fingerprint density at radius 2 is 2.17 bits per heavy atom. The highest BCUT2D eigenvalue weighted by atomic mass is 16.3. The largest absolute Gasteiger partial charge is 0.388 e. The van der Waals surface area contributed by atoms with Crippen LogP contribution in [0.4, 0.5) is 5.82 Å². The topological polar surface area (TPSA) is 62.4 Å². The van der Waals surface area contributed by atoms with Crippen molar-refractivity contribution >= 4 is 5.82 Å². The molecular weight excluding hydrogens is 226 g/mol. The summed E-state index contributed by atoms with van der Waals surface area (Å²) in [6.45, 7) is 2.59. The van der Waals surface area contributed by atoms with Crippen LogP contribution in [0.2, 0.25) is 0 Å². The summed E-state index contributed by atoms with van der Waals surface area (Å²) in [5.41, 5.74) is 6.44.